The van der Waals surface area contributed by atoms with Crippen molar-refractivity contribution in [2.24, 2.45) is 9.98 Å². The van der Waals surface area contributed by atoms with E-state index >= 15 is 0 Å². The summed E-state index contributed by atoms with van der Waals surface area (Å²) >= 11 is 25.2. The third-order valence-electron chi connectivity index (χ3n) is 20.1. The van der Waals surface area contributed by atoms with Crippen LogP contribution in [0.4, 0.5) is 0 Å². The first-order chi connectivity index (χ1) is 54.2. The number of hydrogen-bond acceptors (Lipinski definition) is 15. The average Bonchev–Trinajstić information content (AvgIpc) is 1.61. The second-order valence-corrected chi connectivity index (χ2v) is 33.0. The number of nitrogens with zero attached hydrogens (tertiary/aromatic N) is 9. The molecule has 0 radical (unpaired) electrons. The van der Waals surface area contributed by atoms with Crippen molar-refractivity contribution in [3.63, 3.8) is 0 Å². The first-order valence-electron chi connectivity index (χ1n) is 36.1. The van der Waals surface area contributed by atoms with Gasteiger partial charge in [-0.1, -0.05) is 256 Å². The van der Waals surface area contributed by atoms with Crippen LogP contribution < -0.4 is 11.6 Å². The average molecular weight is 1610 g/mol. The number of benzene rings is 12. The summed E-state index contributed by atoms with van der Waals surface area (Å²) < 4.78 is 21.8. The summed E-state index contributed by atoms with van der Waals surface area (Å²) in [6.07, 6.45) is 1.92. The molecule has 113 heavy (non-hydrogen) atoms. The minimum absolute atomic E-state index is 0. The molecule has 12 aromatic carbocycles. The second kappa shape index (κ2) is 32.1. The smallest absolute Gasteiger partial charge is 0.399 e. The van der Waals surface area contributed by atoms with Crippen LogP contribution >= 0.6 is 80.1 Å². The van der Waals surface area contributed by atoms with Gasteiger partial charge in [0, 0.05) is 94.6 Å². The Hall–Kier alpha value is -11.2. The van der Waals surface area contributed by atoms with Gasteiger partial charge in [0.05, 0.1) is 43.9 Å². The molecular weight excluding hydrogens is 1530 g/mol. The van der Waals surface area contributed by atoms with Crippen LogP contribution in [-0.4, -0.2) is 65.3 Å². The van der Waals surface area contributed by atoms with Gasteiger partial charge in [-0.2, -0.15) is 0 Å². The van der Waals surface area contributed by atoms with Crippen LogP contribution in [0.5, 0.6) is 0 Å². The number of aromatic nitrogens is 7. The van der Waals surface area contributed by atoms with Crippen LogP contribution in [0.1, 0.15) is 51.8 Å². The van der Waals surface area contributed by atoms with E-state index in [2.05, 4.69) is 243 Å². The standard InChI is InChI=1S/C43H24ClN5S2.C39H35BN2O2S.C10H4Cl2N2S.CH4.H3N/c44-43-45-36-31-17-7-8-20-34(31)51-39(36)37(46-43)32-19-10-18-30-33-24-29(21-22-35(33)50-38(30)32)42-48-40(26-13-5-2-6-14-26)47-41(49-42)28-16-9-15-27(23-28)25-11-3-1-4-12-25;1-38(2)39(3,4)44-40(43-38)34-20-12-19-32-33-24-28(21-22-35(33)45-36(32)34)26-42-37(30-16-9-6-10-17-30)41-25-27-13-11-18-31(23-27)29-14-7-5-8-15-29;11-9-8-7(13-10(12)14-9)5-3-1-2-4-6(5)15-8;;/h1-24H;5-24,26H,25H2,1-4H3;1-4H;1H4;1H3. The maximum absolute atomic E-state index is 6.57. The van der Waals surface area contributed by atoms with Crippen LogP contribution in [0, 0.1) is 0 Å². The van der Waals surface area contributed by atoms with E-state index in [9.17, 15) is 0 Å². The molecule has 12 nitrogen and oxygen atoms in total. The monoisotopic (exact) mass is 1600 g/mol. The molecule has 0 aliphatic carbocycles. The lowest BCUT2D eigenvalue weighted by atomic mass is 9.78. The second-order valence-electron chi connectivity index (χ2n) is 27.8. The van der Waals surface area contributed by atoms with Gasteiger partial charge in [-0.15, -0.1) is 45.3 Å². The van der Waals surface area contributed by atoms with Crippen LogP contribution in [0.25, 0.3) is 149 Å². The highest BCUT2D eigenvalue weighted by molar-refractivity contribution is 7.28. The number of hydrogen-bond donors (Lipinski definition) is 1. The minimum Gasteiger partial charge on any atom is -0.399 e. The zero-order valence-corrected chi connectivity index (χ0v) is 66.4. The molecule has 1 aliphatic heterocycles. The molecule has 0 bridgehead atoms. The van der Waals surface area contributed by atoms with E-state index in [0.29, 0.717) is 35.0 Å². The van der Waals surface area contributed by atoms with Gasteiger partial charge in [-0.3, -0.25) is 4.99 Å². The summed E-state index contributed by atoms with van der Waals surface area (Å²) in [5.41, 5.74) is 14.5. The van der Waals surface area contributed by atoms with Crippen molar-refractivity contribution in [3.8, 4) is 67.7 Å². The Kier molecular flexibility index (Phi) is 21.6. The highest BCUT2D eigenvalue weighted by Gasteiger charge is 2.52. The third-order valence-corrected chi connectivity index (χ3v) is 25.6. The van der Waals surface area contributed by atoms with E-state index in [1.54, 1.807) is 45.3 Å². The molecule has 1 aliphatic rings. The molecule has 0 saturated carbocycles. The fourth-order valence-corrected chi connectivity index (χ4v) is 19.1. The van der Waals surface area contributed by atoms with Gasteiger partial charge in [0.25, 0.3) is 0 Å². The molecule has 0 amide bonds. The highest BCUT2D eigenvalue weighted by Crippen LogP contribution is 2.46. The number of aliphatic imine (C=N–C) groups is 2. The predicted molar refractivity (Wildman–Crippen MR) is 481 cm³/mol. The van der Waals surface area contributed by atoms with E-state index in [4.69, 9.17) is 74.0 Å². The molecule has 1 fully saturated rings. The lowest BCUT2D eigenvalue weighted by Crippen LogP contribution is -2.41. The van der Waals surface area contributed by atoms with E-state index in [0.717, 1.165) is 117 Å². The molecule has 19 aromatic rings. The Bertz CT molecular complexity index is 6820. The van der Waals surface area contributed by atoms with Gasteiger partial charge in [0.1, 0.15) is 0 Å². The lowest BCUT2D eigenvalue weighted by molar-refractivity contribution is 0.00578. The normalized spacial score (nSPS) is 13.2. The fraction of sp³-hybridized carbons (Fsp3) is 0.0860. The molecule has 0 atom stereocenters. The van der Waals surface area contributed by atoms with Gasteiger partial charge in [0.15, 0.2) is 28.5 Å². The van der Waals surface area contributed by atoms with Crippen LogP contribution in [0.3, 0.4) is 0 Å². The SMILES string of the molecule is C.CC1(C)OB(c2cccc3c2sc2ccc(C=NC(=NCc4cccc(-c5ccccc5)c4)c4ccccc4)cc23)OC1(C)C.Clc1nc(-c2cccc3c2sc2ccc(-c4nc(-c5ccccc5)nc(-c5cccc(-c6ccccc6)c5)n4)cc23)c2sc3ccccc3c2n1.Clc1nc(Cl)c2sc3ccccc3c2n1.N. The zero-order chi connectivity index (χ0) is 75.3. The van der Waals surface area contributed by atoms with E-state index in [1.165, 1.54) is 36.0 Å². The fourth-order valence-electron chi connectivity index (χ4n) is 13.9. The number of fused-ring (bicyclic) bond motifs is 12. The summed E-state index contributed by atoms with van der Waals surface area (Å²) in [5.74, 6) is 2.59. The van der Waals surface area contributed by atoms with E-state index < -0.39 is 7.12 Å². The Morgan fingerprint density at radius 2 is 0.850 bits per heavy atom. The minimum atomic E-state index is -0.397. The van der Waals surface area contributed by atoms with Gasteiger partial charge in [-0.25, -0.2) is 39.9 Å². The topological polar surface area (TPSA) is 168 Å². The maximum atomic E-state index is 6.57. The van der Waals surface area contributed by atoms with Gasteiger partial charge in [-0.05, 0) is 144 Å². The van der Waals surface area contributed by atoms with Crippen LogP contribution in [0.15, 0.2) is 301 Å². The van der Waals surface area contributed by atoms with Crippen LogP contribution in [0.2, 0.25) is 15.7 Å². The molecular formula is C93H70BCl3N10O2S4. The summed E-state index contributed by atoms with van der Waals surface area (Å²) in [6.45, 7) is 8.92. The molecule has 552 valence electrons. The molecule has 3 N–H and O–H groups in total. The third kappa shape index (κ3) is 15.3. The molecule has 1 saturated heterocycles. The van der Waals surface area contributed by atoms with Gasteiger partial charge in [0.2, 0.25) is 10.6 Å². The van der Waals surface area contributed by atoms with Gasteiger partial charge >= 0.3 is 7.12 Å². The van der Waals surface area contributed by atoms with Crippen molar-refractivity contribution < 1.29 is 9.31 Å². The van der Waals surface area contributed by atoms with Crippen molar-refractivity contribution in [2.45, 2.75) is 52.9 Å². The molecule has 20 rings (SSSR count). The Morgan fingerprint density at radius 3 is 1.50 bits per heavy atom. The van der Waals surface area contributed by atoms with Crippen molar-refractivity contribution >= 4 is 186 Å². The number of halogens is 3. The number of amidine groups is 1. The number of rotatable bonds is 11. The Morgan fingerprint density at radius 1 is 0.389 bits per heavy atom. The molecule has 0 spiro atoms. The quantitative estimate of drug-likeness (QED) is 0.0432. The first kappa shape index (κ1) is 75.9. The summed E-state index contributed by atoms with van der Waals surface area (Å²) in [5, 5.41) is 7.71. The molecule has 8 heterocycles. The zero-order valence-electron chi connectivity index (χ0n) is 60.9. The molecule has 20 heteroatoms. The predicted octanol–water partition coefficient (Wildman–Crippen LogP) is 26.4. The lowest BCUT2D eigenvalue weighted by Gasteiger charge is -2.32. The van der Waals surface area contributed by atoms with Crippen molar-refractivity contribution in [3.05, 3.63) is 324 Å². The Labute approximate surface area is 684 Å². The first-order valence-corrected chi connectivity index (χ1v) is 40.5. The van der Waals surface area contributed by atoms with Crippen molar-refractivity contribution in [1.29, 1.82) is 0 Å². The van der Waals surface area contributed by atoms with Gasteiger partial charge < -0.3 is 15.5 Å². The van der Waals surface area contributed by atoms with E-state index in [1.807, 2.05) is 97.2 Å². The van der Waals surface area contributed by atoms with Crippen molar-refractivity contribution in [1.82, 2.24) is 41.0 Å². The highest BCUT2D eigenvalue weighted by atomic mass is 35.5. The summed E-state index contributed by atoms with van der Waals surface area (Å²) in [4.78, 5) is 42.6. The largest absolute Gasteiger partial charge is 0.496 e. The molecule has 0 unspecified atom stereocenters. The summed E-state index contributed by atoms with van der Waals surface area (Å²) in [6, 6.07) is 100. The van der Waals surface area contributed by atoms with Crippen LogP contribution in [-0.2, 0) is 15.9 Å². The Balaban J connectivity index is 0.000000142. The molecule has 7 aromatic heterocycles. The summed E-state index contributed by atoms with van der Waals surface area (Å²) in [7, 11) is -0.397. The maximum Gasteiger partial charge on any atom is 0.496 e. The van der Waals surface area contributed by atoms with Crippen molar-refractivity contribution in [2.75, 3.05) is 0 Å². The van der Waals surface area contributed by atoms with E-state index in [-0.39, 0.29) is 35.3 Å². The number of thiophene rings is 4.